The number of nitrogens with zero attached hydrogens (tertiary/aromatic N) is 1. The summed E-state index contributed by atoms with van der Waals surface area (Å²) in [5, 5.41) is 11.5. The molecular weight excluding hydrogens is 410 g/mol. The molecule has 31 heavy (non-hydrogen) atoms. The molecule has 0 aliphatic carbocycles. The van der Waals surface area contributed by atoms with E-state index in [2.05, 4.69) is 13.8 Å². The fourth-order valence-electron chi connectivity index (χ4n) is 3.86. The van der Waals surface area contributed by atoms with Crippen molar-refractivity contribution in [2.75, 3.05) is 4.90 Å². The molecule has 1 aliphatic heterocycles. The molecule has 4 nitrogen and oxygen atoms in total. The first-order valence-electron chi connectivity index (χ1n) is 10.1. The van der Waals surface area contributed by atoms with Gasteiger partial charge in [-0.05, 0) is 41.3 Å². The average molecular weight is 432 g/mol. The molecule has 3 aromatic rings. The number of benzene rings is 3. The number of carbonyl (C=O) groups is 2. The summed E-state index contributed by atoms with van der Waals surface area (Å²) in [6.45, 7) is 4.19. The normalized spacial score (nSPS) is 18.1. The van der Waals surface area contributed by atoms with Crippen LogP contribution in [0.4, 0.5) is 5.69 Å². The molecule has 156 valence electrons. The Morgan fingerprint density at radius 2 is 1.61 bits per heavy atom. The first kappa shape index (κ1) is 20.9. The van der Waals surface area contributed by atoms with Crippen LogP contribution in [0.3, 0.4) is 0 Å². The summed E-state index contributed by atoms with van der Waals surface area (Å²) >= 11 is 6.08. The van der Waals surface area contributed by atoms with Crippen LogP contribution in [0.5, 0.6) is 0 Å². The van der Waals surface area contributed by atoms with Crippen LogP contribution in [-0.2, 0) is 9.59 Å². The van der Waals surface area contributed by atoms with Gasteiger partial charge in [-0.25, -0.2) is 0 Å². The topological polar surface area (TPSA) is 57.6 Å². The number of rotatable bonds is 4. The number of aliphatic hydroxyl groups is 1. The molecule has 1 heterocycles. The number of hydrogen-bond donors (Lipinski definition) is 1. The van der Waals surface area contributed by atoms with Crippen molar-refractivity contribution < 1.29 is 14.7 Å². The zero-order valence-corrected chi connectivity index (χ0v) is 18.0. The molecule has 5 heteroatoms. The minimum atomic E-state index is -0.745. The Labute approximate surface area is 186 Å². The largest absolute Gasteiger partial charge is 0.507 e. The first-order chi connectivity index (χ1) is 14.9. The van der Waals surface area contributed by atoms with Crippen LogP contribution in [-0.4, -0.2) is 16.8 Å². The highest BCUT2D eigenvalue weighted by atomic mass is 35.5. The third-order valence-corrected chi connectivity index (χ3v) is 5.73. The van der Waals surface area contributed by atoms with Crippen molar-refractivity contribution in [1.29, 1.82) is 0 Å². The molecular formula is C26H22ClNO3. The number of carbonyl (C=O) groups excluding carboxylic acids is 2. The molecule has 1 N–H and O–H groups in total. The lowest BCUT2D eigenvalue weighted by molar-refractivity contribution is -0.132. The van der Waals surface area contributed by atoms with Gasteiger partial charge in [0.25, 0.3) is 11.7 Å². The van der Waals surface area contributed by atoms with Gasteiger partial charge in [0, 0.05) is 16.3 Å². The Kier molecular flexibility index (Phi) is 5.66. The predicted molar refractivity (Wildman–Crippen MR) is 123 cm³/mol. The number of aliphatic hydroxyl groups excluding tert-OH is 1. The third-order valence-electron chi connectivity index (χ3n) is 5.50. The van der Waals surface area contributed by atoms with Crippen molar-refractivity contribution in [2.45, 2.75) is 25.8 Å². The minimum absolute atomic E-state index is 0.0476. The fourth-order valence-corrected chi connectivity index (χ4v) is 4.05. The van der Waals surface area contributed by atoms with Crippen molar-refractivity contribution in [2.24, 2.45) is 0 Å². The Balaban J connectivity index is 1.90. The van der Waals surface area contributed by atoms with E-state index in [-0.39, 0.29) is 11.3 Å². The lowest BCUT2D eigenvalue weighted by Crippen LogP contribution is -2.29. The Morgan fingerprint density at radius 1 is 0.935 bits per heavy atom. The van der Waals surface area contributed by atoms with Crippen molar-refractivity contribution in [3.05, 3.63) is 106 Å². The second kappa shape index (κ2) is 8.40. The Hall–Kier alpha value is -3.37. The SMILES string of the molecule is CC(C)c1ccc(N2C(=O)C(=O)/C(=C(\O)c3cccc(Cl)c3)C2c2ccccc2)cc1. The van der Waals surface area contributed by atoms with Crippen LogP contribution in [0.15, 0.2) is 84.4 Å². The summed E-state index contributed by atoms with van der Waals surface area (Å²) in [6, 6.07) is 22.7. The van der Waals surface area contributed by atoms with E-state index in [0.717, 1.165) is 11.1 Å². The summed E-state index contributed by atoms with van der Waals surface area (Å²) in [5.41, 5.74) is 2.91. The van der Waals surface area contributed by atoms with Crippen LogP contribution in [0, 0.1) is 0 Å². The van der Waals surface area contributed by atoms with Gasteiger partial charge in [0.2, 0.25) is 0 Å². The van der Waals surface area contributed by atoms with Gasteiger partial charge in [-0.15, -0.1) is 0 Å². The van der Waals surface area contributed by atoms with E-state index in [4.69, 9.17) is 11.6 Å². The second-order valence-electron chi connectivity index (χ2n) is 7.84. The molecule has 0 saturated carbocycles. The van der Waals surface area contributed by atoms with Crippen LogP contribution < -0.4 is 4.90 Å². The molecule has 1 atom stereocenters. The van der Waals surface area contributed by atoms with Crippen molar-refractivity contribution >= 4 is 34.7 Å². The smallest absolute Gasteiger partial charge is 0.300 e. The number of anilines is 1. The number of ketones is 1. The number of amides is 1. The quantitative estimate of drug-likeness (QED) is 0.309. The molecule has 1 unspecified atom stereocenters. The molecule has 0 bridgehead atoms. The van der Waals surface area contributed by atoms with Gasteiger partial charge < -0.3 is 5.11 Å². The van der Waals surface area contributed by atoms with Crippen LogP contribution in [0.25, 0.3) is 5.76 Å². The Bertz CT molecular complexity index is 1170. The van der Waals surface area contributed by atoms with Crippen molar-refractivity contribution in [3.63, 3.8) is 0 Å². The van der Waals surface area contributed by atoms with Gasteiger partial charge in [0.15, 0.2) is 0 Å². The van der Waals surface area contributed by atoms with E-state index in [9.17, 15) is 14.7 Å². The van der Waals surface area contributed by atoms with Gasteiger partial charge in [-0.1, -0.05) is 80.0 Å². The average Bonchev–Trinajstić information content (AvgIpc) is 3.04. The monoisotopic (exact) mass is 431 g/mol. The lowest BCUT2D eigenvalue weighted by Gasteiger charge is -2.25. The summed E-state index contributed by atoms with van der Waals surface area (Å²) in [7, 11) is 0. The van der Waals surface area contributed by atoms with Gasteiger partial charge in [-0.3, -0.25) is 14.5 Å². The molecule has 1 amide bonds. The maximum absolute atomic E-state index is 13.1. The summed E-state index contributed by atoms with van der Waals surface area (Å²) in [5.74, 6) is -1.29. The maximum Gasteiger partial charge on any atom is 0.300 e. The predicted octanol–water partition coefficient (Wildman–Crippen LogP) is 6.09. The third kappa shape index (κ3) is 3.87. The van der Waals surface area contributed by atoms with Crippen molar-refractivity contribution in [3.8, 4) is 0 Å². The van der Waals surface area contributed by atoms with E-state index in [1.165, 1.54) is 4.90 Å². The molecule has 3 aromatic carbocycles. The zero-order chi connectivity index (χ0) is 22.1. The number of Topliss-reactive ketones (excluding diaryl/α,β-unsaturated/α-hetero) is 1. The van der Waals surface area contributed by atoms with E-state index in [0.29, 0.717) is 22.2 Å². The Morgan fingerprint density at radius 3 is 2.23 bits per heavy atom. The fraction of sp³-hybridized carbons (Fsp3) is 0.154. The van der Waals surface area contributed by atoms with E-state index in [1.807, 2.05) is 54.6 Å². The van der Waals surface area contributed by atoms with E-state index < -0.39 is 17.7 Å². The van der Waals surface area contributed by atoms with Crippen LogP contribution >= 0.6 is 11.6 Å². The van der Waals surface area contributed by atoms with Gasteiger partial charge in [0.1, 0.15) is 5.76 Å². The standard InChI is InChI=1S/C26H22ClNO3/c1-16(2)17-11-13-21(14-12-17)28-23(18-7-4-3-5-8-18)22(25(30)26(28)31)24(29)19-9-6-10-20(27)15-19/h3-16,23,29H,1-2H3/b24-22-. The van der Waals surface area contributed by atoms with Crippen LogP contribution in [0.2, 0.25) is 5.02 Å². The molecule has 0 aromatic heterocycles. The van der Waals surface area contributed by atoms with Gasteiger partial charge in [-0.2, -0.15) is 0 Å². The van der Waals surface area contributed by atoms with Crippen molar-refractivity contribution in [1.82, 2.24) is 0 Å². The summed E-state index contributed by atoms with van der Waals surface area (Å²) < 4.78 is 0. The highest BCUT2D eigenvalue weighted by molar-refractivity contribution is 6.51. The van der Waals surface area contributed by atoms with E-state index in [1.54, 1.807) is 24.3 Å². The van der Waals surface area contributed by atoms with Gasteiger partial charge in [0.05, 0.1) is 11.6 Å². The summed E-state index contributed by atoms with van der Waals surface area (Å²) in [6.07, 6.45) is 0. The minimum Gasteiger partial charge on any atom is -0.507 e. The number of halogens is 1. The molecule has 4 rings (SSSR count). The molecule has 1 aliphatic rings. The van der Waals surface area contributed by atoms with Crippen LogP contribution in [0.1, 0.15) is 42.5 Å². The summed E-state index contributed by atoms with van der Waals surface area (Å²) in [4.78, 5) is 27.7. The van der Waals surface area contributed by atoms with Gasteiger partial charge >= 0.3 is 0 Å². The highest BCUT2D eigenvalue weighted by Gasteiger charge is 2.46. The molecule has 1 fully saturated rings. The maximum atomic E-state index is 13.1. The van der Waals surface area contributed by atoms with E-state index >= 15 is 0 Å². The lowest BCUT2D eigenvalue weighted by atomic mass is 9.95. The molecule has 0 spiro atoms. The molecule has 1 saturated heterocycles. The number of hydrogen-bond acceptors (Lipinski definition) is 3. The second-order valence-corrected chi connectivity index (χ2v) is 8.27. The molecule has 0 radical (unpaired) electrons. The zero-order valence-electron chi connectivity index (χ0n) is 17.2. The highest BCUT2D eigenvalue weighted by Crippen LogP contribution is 2.42. The first-order valence-corrected chi connectivity index (χ1v) is 10.5.